The van der Waals surface area contributed by atoms with Crippen LogP contribution < -0.4 is 0 Å². The van der Waals surface area contributed by atoms with Crippen molar-refractivity contribution in [1.82, 2.24) is 15.0 Å². The minimum atomic E-state index is 0.0715. The van der Waals surface area contributed by atoms with Gasteiger partial charge >= 0.3 is 0 Å². The van der Waals surface area contributed by atoms with Gasteiger partial charge < -0.3 is 4.42 Å². The number of aryl methyl sites for hydroxylation is 1. The van der Waals surface area contributed by atoms with E-state index in [1.54, 1.807) is 0 Å². The predicted molar refractivity (Wildman–Crippen MR) is 228 cm³/mol. The molecule has 0 aliphatic heterocycles. The molecule has 0 amide bonds. The molecule has 0 saturated carbocycles. The van der Waals surface area contributed by atoms with Gasteiger partial charge in [-0.3, -0.25) is 0 Å². The largest absolute Gasteiger partial charge is 0.456 e. The highest BCUT2D eigenvalue weighted by molar-refractivity contribution is 6.07. The third-order valence-corrected chi connectivity index (χ3v) is 11.3. The van der Waals surface area contributed by atoms with Crippen molar-refractivity contribution in [2.45, 2.75) is 18.8 Å². The Bertz CT molecular complexity index is 3090. The van der Waals surface area contributed by atoms with E-state index in [0.717, 1.165) is 68.2 Å². The fourth-order valence-electron chi connectivity index (χ4n) is 8.63. The van der Waals surface area contributed by atoms with E-state index < -0.39 is 0 Å². The fourth-order valence-corrected chi connectivity index (χ4v) is 8.63. The molecule has 4 heteroatoms. The second-order valence-electron chi connectivity index (χ2n) is 14.7. The van der Waals surface area contributed by atoms with Crippen molar-refractivity contribution < 1.29 is 4.42 Å². The van der Waals surface area contributed by atoms with Crippen LogP contribution in [-0.2, 0) is 6.42 Å². The number of furan rings is 1. The van der Waals surface area contributed by atoms with E-state index in [0.29, 0.717) is 17.5 Å². The summed E-state index contributed by atoms with van der Waals surface area (Å²) < 4.78 is 6.81. The van der Waals surface area contributed by atoms with Crippen LogP contribution in [0.25, 0.3) is 89.1 Å². The highest BCUT2D eigenvalue weighted by Gasteiger charge is 2.28. The first-order valence-corrected chi connectivity index (χ1v) is 19.3. The van der Waals surface area contributed by atoms with Crippen LogP contribution >= 0.6 is 0 Å². The number of fused-ring (bicyclic) bond motifs is 7. The van der Waals surface area contributed by atoms with Gasteiger partial charge in [-0.25, -0.2) is 15.0 Å². The second kappa shape index (κ2) is 13.3. The smallest absolute Gasteiger partial charge is 0.164 e. The van der Waals surface area contributed by atoms with Crippen LogP contribution in [0, 0.1) is 0 Å². The maximum absolute atomic E-state index is 6.81. The van der Waals surface area contributed by atoms with E-state index >= 15 is 0 Å². The summed E-state index contributed by atoms with van der Waals surface area (Å²) in [6.07, 6.45) is 1.87. The van der Waals surface area contributed by atoms with Crippen molar-refractivity contribution in [3.63, 3.8) is 0 Å². The normalized spacial score (nSPS) is 13.8. The van der Waals surface area contributed by atoms with Crippen LogP contribution in [0.15, 0.2) is 186 Å². The van der Waals surface area contributed by atoms with E-state index in [-0.39, 0.29) is 5.92 Å². The van der Waals surface area contributed by atoms with Crippen molar-refractivity contribution in [2.24, 2.45) is 0 Å². The Balaban J connectivity index is 1.13. The Morgan fingerprint density at radius 1 is 0.411 bits per heavy atom. The van der Waals surface area contributed by atoms with Gasteiger partial charge in [-0.2, -0.15) is 0 Å². The first-order chi connectivity index (χ1) is 27.7. The summed E-state index contributed by atoms with van der Waals surface area (Å²) >= 11 is 0. The summed E-state index contributed by atoms with van der Waals surface area (Å²) in [5.74, 6) is 1.97. The Labute approximate surface area is 324 Å². The maximum atomic E-state index is 6.81. The molecule has 8 aromatic carbocycles. The molecular formula is C52H35N3O. The van der Waals surface area contributed by atoms with Crippen molar-refractivity contribution in [1.29, 1.82) is 0 Å². The zero-order chi connectivity index (χ0) is 37.0. The molecular weight excluding hydrogens is 683 g/mol. The lowest BCUT2D eigenvalue weighted by Gasteiger charge is -2.20. The van der Waals surface area contributed by atoms with Gasteiger partial charge in [0.2, 0.25) is 0 Å². The third-order valence-electron chi connectivity index (χ3n) is 11.3. The fraction of sp³-hybridized carbons (Fsp3) is 0.0577. The summed E-state index contributed by atoms with van der Waals surface area (Å²) in [6.45, 7) is 0. The molecule has 0 radical (unpaired) electrons. The van der Waals surface area contributed by atoms with Crippen LogP contribution in [0.2, 0.25) is 0 Å². The lowest BCUT2D eigenvalue weighted by Crippen LogP contribution is -2.05. The predicted octanol–water partition coefficient (Wildman–Crippen LogP) is 13.3. The number of hydrogen-bond donors (Lipinski definition) is 0. The molecule has 2 heterocycles. The molecule has 2 aromatic heterocycles. The third kappa shape index (κ3) is 5.57. The van der Waals surface area contributed by atoms with E-state index in [4.69, 9.17) is 19.4 Å². The van der Waals surface area contributed by atoms with Crippen LogP contribution in [0.1, 0.15) is 29.0 Å². The first kappa shape index (κ1) is 32.3. The van der Waals surface area contributed by atoms with Gasteiger partial charge in [0.25, 0.3) is 0 Å². The summed E-state index contributed by atoms with van der Waals surface area (Å²) in [7, 11) is 0. The molecule has 10 aromatic rings. The van der Waals surface area contributed by atoms with Crippen molar-refractivity contribution in [3.05, 3.63) is 199 Å². The van der Waals surface area contributed by atoms with E-state index in [2.05, 4.69) is 152 Å². The zero-order valence-corrected chi connectivity index (χ0v) is 30.6. The van der Waals surface area contributed by atoms with E-state index in [1.165, 1.54) is 33.0 Å². The molecule has 1 aliphatic rings. The van der Waals surface area contributed by atoms with Crippen LogP contribution in [0.3, 0.4) is 0 Å². The van der Waals surface area contributed by atoms with Crippen molar-refractivity contribution in [2.75, 3.05) is 0 Å². The topological polar surface area (TPSA) is 51.8 Å². The SMILES string of the molecule is c1ccc(-c2cccc(-c3nc(-c4ccccc4)nc(-c4cc(C5CCc6cc7ccccc7cc6-c6ccccc65)c5oc6ccccc6c5c4)n3)c2)cc1. The average Bonchev–Trinajstić information content (AvgIpc) is 3.57. The quantitative estimate of drug-likeness (QED) is 0.178. The molecule has 56 heavy (non-hydrogen) atoms. The molecule has 0 spiro atoms. The highest BCUT2D eigenvalue weighted by atomic mass is 16.3. The van der Waals surface area contributed by atoms with Gasteiger partial charge in [0, 0.05) is 38.9 Å². The Morgan fingerprint density at radius 2 is 1.04 bits per heavy atom. The summed E-state index contributed by atoms with van der Waals surface area (Å²) in [5.41, 5.74) is 13.3. The number of hydrogen-bond acceptors (Lipinski definition) is 4. The standard InChI is InChI=1S/C52H35N3O/c1-3-14-33(15-4-1)35-20-13-21-39(29-35)51-53-50(34-16-5-2-6-17-34)54-52(55-51)40-31-46(49-47(32-40)44-24-11-12-25-48(44)56-49)43-27-26-38-28-36-18-7-8-19-37(36)30-45(38)42-23-10-9-22-41(42)43/h1-25,28-32,43H,26-27H2. The van der Waals surface area contributed by atoms with Gasteiger partial charge in [0.15, 0.2) is 17.5 Å². The van der Waals surface area contributed by atoms with Gasteiger partial charge in [0.05, 0.1) is 0 Å². The number of rotatable bonds is 5. The van der Waals surface area contributed by atoms with Gasteiger partial charge in [-0.15, -0.1) is 0 Å². The second-order valence-corrected chi connectivity index (χ2v) is 14.7. The Hall–Kier alpha value is -7.17. The lowest BCUT2D eigenvalue weighted by molar-refractivity contribution is 0.647. The molecule has 1 atom stereocenters. The van der Waals surface area contributed by atoms with Gasteiger partial charge in [-0.05, 0) is 87.3 Å². The highest BCUT2D eigenvalue weighted by Crippen LogP contribution is 2.46. The van der Waals surface area contributed by atoms with Crippen LogP contribution in [-0.4, -0.2) is 15.0 Å². The van der Waals surface area contributed by atoms with Crippen molar-refractivity contribution >= 4 is 32.7 Å². The average molecular weight is 718 g/mol. The van der Waals surface area contributed by atoms with Crippen LogP contribution in [0.5, 0.6) is 0 Å². The molecule has 0 saturated heterocycles. The molecule has 0 bridgehead atoms. The number of benzene rings is 8. The molecule has 0 N–H and O–H groups in total. The summed E-state index contributed by atoms with van der Waals surface area (Å²) in [5, 5.41) is 4.68. The zero-order valence-electron chi connectivity index (χ0n) is 30.6. The summed E-state index contributed by atoms with van der Waals surface area (Å²) in [4.78, 5) is 15.6. The number of aromatic nitrogens is 3. The van der Waals surface area contributed by atoms with E-state index in [1.807, 2.05) is 30.3 Å². The summed E-state index contributed by atoms with van der Waals surface area (Å²) in [6, 6.07) is 64.3. The van der Waals surface area contributed by atoms with Crippen LogP contribution in [0.4, 0.5) is 0 Å². The Kier molecular flexibility index (Phi) is 7.66. The monoisotopic (exact) mass is 717 g/mol. The van der Waals surface area contributed by atoms with Gasteiger partial charge in [-0.1, -0.05) is 152 Å². The molecule has 1 unspecified atom stereocenters. The maximum Gasteiger partial charge on any atom is 0.164 e. The number of para-hydroxylation sites is 1. The minimum absolute atomic E-state index is 0.0715. The van der Waals surface area contributed by atoms with Crippen molar-refractivity contribution in [3.8, 4) is 56.4 Å². The van der Waals surface area contributed by atoms with E-state index in [9.17, 15) is 0 Å². The number of nitrogens with zero attached hydrogens (tertiary/aromatic N) is 3. The Morgan fingerprint density at radius 3 is 1.86 bits per heavy atom. The molecule has 1 aliphatic carbocycles. The lowest BCUT2D eigenvalue weighted by atomic mass is 9.84. The van der Waals surface area contributed by atoms with Gasteiger partial charge in [0.1, 0.15) is 11.2 Å². The molecule has 4 nitrogen and oxygen atoms in total. The molecule has 0 fully saturated rings. The molecule has 11 rings (SSSR count). The molecule has 264 valence electrons. The minimum Gasteiger partial charge on any atom is -0.456 e. The first-order valence-electron chi connectivity index (χ1n) is 19.3.